The minimum Gasteiger partial charge on any atom is -0.450 e. The summed E-state index contributed by atoms with van der Waals surface area (Å²) in [5.74, 6) is 0.0964. The van der Waals surface area contributed by atoms with Crippen LogP contribution in [-0.4, -0.2) is 59.7 Å². The molecule has 7 heteroatoms. The Morgan fingerprint density at radius 2 is 1.79 bits per heavy atom. The van der Waals surface area contributed by atoms with Gasteiger partial charge in [0, 0.05) is 38.3 Å². The highest BCUT2D eigenvalue weighted by molar-refractivity contribution is 6.03. The summed E-state index contributed by atoms with van der Waals surface area (Å²) in [4.78, 5) is 15.9. The molecule has 3 N–H and O–H groups in total. The number of nitrogens with two attached hydrogens (primary N) is 1. The SMILES string of the molecule is CCOC(=O)N1CCN(Cc2ccc(-c3ccccc3C(N)=NO)cc2)CC1. The maximum atomic E-state index is 11.8. The van der Waals surface area contributed by atoms with Crippen molar-refractivity contribution in [1.82, 2.24) is 9.80 Å². The number of carbonyl (C=O) groups is 1. The zero-order valence-corrected chi connectivity index (χ0v) is 16.0. The maximum Gasteiger partial charge on any atom is 0.409 e. The molecule has 7 nitrogen and oxygen atoms in total. The van der Waals surface area contributed by atoms with Crippen LogP contribution < -0.4 is 5.73 Å². The third-order valence-electron chi connectivity index (χ3n) is 4.88. The van der Waals surface area contributed by atoms with Crippen molar-refractivity contribution in [2.75, 3.05) is 32.8 Å². The number of piperazine rings is 1. The van der Waals surface area contributed by atoms with Crippen LogP contribution in [0, 0.1) is 0 Å². The number of carbonyl (C=O) groups excluding carboxylic acids is 1. The Morgan fingerprint density at radius 3 is 2.43 bits per heavy atom. The van der Waals surface area contributed by atoms with Gasteiger partial charge in [0.25, 0.3) is 0 Å². The molecule has 0 aromatic heterocycles. The monoisotopic (exact) mass is 382 g/mol. The van der Waals surface area contributed by atoms with Crippen LogP contribution in [0.5, 0.6) is 0 Å². The summed E-state index contributed by atoms with van der Waals surface area (Å²) in [6, 6.07) is 15.9. The Morgan fingerprint density at radius 1 is 1.11 bits per heavy atom. The van der Waals surface area contributed by atoms with Crippen LogP contribution in [0.3, 0.4) is 0 Å². The second-order valence-electron chi connectivity index (χ2n) is 6.69. The van der Waals surface area contributed by atoms with Crippen molar-refractivity contribution >= 4 is 11.9 Å². The van der Waals surface area contributed by atoms with E-state index in [1.807, 2.05) is 43.3 Å². The number of nitrogens with zero attached hydrogens (tertiary/aromatic N) is 3. The van der Waals surface area contributed by atoms with E-state index in [4.69, 9.17) is 15.7 Å². The van der Waals surface area contributed by atoms with Crippen molar-refractivity contribution in [2.24, 2.45) is 10.9 Å². The quantitative estimate of drug-likeness (QED) is 0.359. The van der Waals surface area contributed by atoms with Crippen LogP contribution in [0.2, 0.25) is 0 Å². The zero-order valence-electron chi connectivity index (χ0n) is 16.0. The van der Waals surface area contributed by atoms with Gasteiger partial charge in [0.1, 0.15) is 0 Å². The average molecular weight is 382 g/mol. The zero-order chi connectivity index (χ0) is 19.9. The van der Waals surface area contributed by atoms with E-state index < -0.39 is 0 Å². The summed E-state index contributed by atoms with van der Waals surface area (Å²) in [5, 5.41) is 12.1. The number of hydrogen-bond donors (Lipinski definition) is 2. The number of benzene rings is 2. The molecule has 1 aliphatic rings. The molecule has 0 saturated carbocycles. The van der Waals surface area contributed by atoms with Crippen LogP contribution in [0.25, 0.3) is 11.1 Å². The van der Waals surface area contributed by atoms with Gasteiger partial charge in [-0.25, -0.2) is 4.79 Å². The summed E-state index contributed by atoms with van der Waals surface area (Å²) in [6.07, 6.45) is -0.226. The van der Waals surface area contributed by atoms with Crippen molar-refractivity contribution in [3.63, 3.8) is 0 Å². The lowest BCUT2D eigenvalue weighted by Crippen LogP contribution is -2.48. The average Bonchev–Trinajstić information content (AvgIpc) is 2.74. The fourth-order valence-electron chi connectivity index (χ4n) is 3.36. The lowest BCUT2D eigenvalue weighted by Gasteiger charge is -2.34. The summed E-state index contributed by atoms with van der Waals surface area (Å²) >= 11 is 0. The standard InChI is InChI=1S/C21H26N4O3/c1-2-28-21(26)25-13-11-24(12-14-25)15-16-7-9-17(10-8-16)18-5-3-4-6-19(18)20(22)23-27/h3-10,27H,2,11-15H2,1H3,(H2,22,23). The Kier molecular flexibility index (Phi) is 6.49. The van der Waals surface area contributed by atoms with Gasteiger partial charge in [-0.15, -0.1) is 0 Å². The first-order chi connectivity index (χ1) is 13.6. The van der Waals surface area contributed by atoms with E-state index in [0.717, 1.165) is 30.8 Å². The number of amides is 1. The largest absolute Gasteiger partial charge is 0.450 e. The van der Waals surface area contributed by atoms with Gasteiger partial charge in [-0.05, 0) is 23.6 Å². The molecule has 1 saturated heterocycles. The molecule has 0 atom stereocenters. The first kappa shape index (κ1) is 19.7. The van der Waals surface area contributed by atoms with E-state index >= 15 is 0 Å². The van der Waals surface area contributed by atoms with Gasteiger partial charge in [-0.2, -0.15) is 0 Å². The molecule has 0 aliphatic carbocycles. The van der Waals surface area contributed by atoms with Gasteiger partial charge < -0.3 is 20.6 Å². The van der Waals surface area contributed by atoms with Crippen LogP contribution in [0.15, 0.2) is 53.7 Å². The second-order valence-corrected chi connectivity index (χ2v) is 6.69. The molecule has 0 unspecified atom stereocenters. The van der Waals surface area contributed by atoms with E-state index in [1.54, 1.807) is 4.90 Å². The van der Waals surface area contributed by atoms with Crippen molar-refractivity contribution in [1.29, 1.82) is 0 Å². The number of ether oxygens (including phenoxy) is 1. The topological polar surface area (TPSA) is 91.4 Å². The minimum atomic E-state index is -0.226. The molecule has 1 heterocycles. The van der Waals surface area contributed by atoms with Gasteiger partial charge >= 0.3 is 6.09 Å². The molecule has 2 aromatic rings. The molecular weight excluding hydrogens is 356 g/mol. The normalized spacial score (nSPS) is 15.5. The Labute approximate surface area is 165 Å². The highest BCUT2D eigenvalue weighted by Gasteiger charge is 2.21. The molecule has 0 radical (unpaired) electrons. The van der Waals surface area contributed by atoms with E-state index in [2.05, 4.69) is 22.2 Å². The molecule has 0 bridgehead atoms. The van der Waals surface area contributed by atoms with Gasteiger partial charge in [0.05, 0.1) is 6.61 Å². The van der Waals surface area contributed by atoms with Crippen LogP contribution in [0.1, 0.15) is 18.1 Å². The predicted octanol–water partition coefficient (Wildman–Crippen LogP) is 2.72. The maximum absolute atomic E-state index is 11.8. The smallest absolute Gasteiger partial charge is 0.409 e. The highest BCUT2D eigenvalue weighted by atomic mass is 16.6. The van der Waals surface area contributed by atoms with Crippen molar-refractivity contribution in [2.45, 2.75) is 13.5 Å². The summed E-state index contributed by atoms with van der Waals surface area (Å²) in [5.41, 5.74) is 9.63. The van der Waals surface area contributed by atoms with Crippen LogP contribution >= 0.6 is 0 Å². The first-order valence-electron chi connectivity index (χ1n) is 9.42. The third-order valence-corrected chi connectivity index (χ3v) is 4.88. The second kappa shape index (κ2) is 9.23. The van der Waals surface area contributed by atoms with E-state index in [9.17, 15) is 4.79 Å². The van der Waals surface area contributed by atoms with Gasteiger partial charge in [0.2, 0.25) is 0 Å². The molecule has 148 valence electrons. The first-order valence-corrected chi connectivity index (χ1v) is 9.42. The van der Waals surface area contributed by atoms with Gasteiger partial charge in [-0.3, -0.25) is 4.90 Å². The summed E-state index contributed by atoms with van der Waals surface area (Å²) in [7, 11) is 0. The molecule has 1 amide bonds. The Bertz CT molecular complexity index is 828. The van der Waals surface area contributed by atoms with Gasteiger partial charge in [0.15, 0.2) is 5.84 Å². The fourth-order valence-corrected chi connectivity index (χ4v) is 3.36. The number of rotatable bonds is 5. The van der Waals surface area contributed by atoms with Crippen molar-refractivity contribution < 1.29 is 14.7 Å². The minimum absolute atomic E-state index is 0.0964. The number of amidine groups is 1. The van der Waals surface area contributed by atoms with E-state index in [-0.39, 0.29) is 11.9 Å². The molecule has 0 spiro atoms. The fraction of sp³-hybridized carbons (Fsp3) is 0.333. The van der Waals surface area contributed by atoms with E-state index in [1.165, 1.54) is 5.56 Å². The summed E-state index contributed by atoms with van der Waals surface area (Å²) in [6.45, 7) is 6.08. The summed E-state index contributed by atoms with van der Waals surface area (Å²) < 4.78 is 5.06. The van der Waals surface area contributed by atoms with Crippen molar-refractivity contribution in [3.05, 3.63) is 59.7 Å². The Hall–Kier alpha value is -3.06. The lowest BCUT2D eigenvalue weighted by molar-refractivity contribution is 0.0778. The lowest BCUT2D eigenvalue weighted by atomic mass is 9.98. The molecule has 1 aliphatic heterocycles. The van der Waals surface area contributed by atoms with Crippen LogP contribution in [-0.2, 0) is 11.3 Å². The van der Waals surface area contributed by atoms with Crippen LogP contribution in [0.4, 0.5) is 4.79 Å². The molecule has 28 heavy (non-hydrogen) atoms. The highest BCUT2D eigenvalue weighted by Crippen LogP contribution is 2.24. The number of hydrogen-bond acceptors (Lipinski definition) is 5. The Balaban J connectivity index is 1.63. The van der Waals surface area contributed by atoms with Gasteiger partial charge in [-0.1, -0.05) is 53.7 Å². The molecule has 2 aromatic carbocycles. The molecule has 1 fully saturated rings. The van der Waals surface area contributed by atoms with E-state index in [0.29, 0.717) is 25.3 Å². The van der Waals surface area contributed by atoms with Crippen molar-refractivity contribution in [3.8, 4) is 11.1 Å². The predicted molar refractivity (Wildman–Crippen MR) is 108 cm³/mol. The molecular formula is C21H26N4O3. The third kappa shape index (κ3) is 4.61. The number of oxime groups is 1. The molecule has 3 rings (SSSR count).